The van der Waals surface area contributed by atoms with E-state index in [0.29, 0.717) is 12.6 Å². The van der Waals surface area contributed by atoms with Crippen molar-refractivity contribution in [2.45, 2.75) is 57.6 Å². The molecule has 1 aliphatic carbocycles. The average Bonchev–Trinajstić information content (AvgIpc) is 2.91. The third kappa shape index (κ3) is 5.06. The summed E-state index contributed by atoms with van der Waals surface area (Å²) >= 11 is 1.83. The van der Waals surface area contributed by atoms with E-state index in [1.54, 1.807) is 0 Å². The van der Waals surface area contributed by atoms with Gasteiger partial charge in [0.2, 0.25) is 0 Å². The van der Waals surface area contributed by atoms with Crippen LogP contribution < -0.4 is 10.6 Å². The van der Waals surface area contributed by atoms with Crippen molar-refractivity contribution in [1.82, 2.24) is 10.6 Å². The van der Waals surface area contributed by atoms with E-state index in [-0.39, 0.29) is 0 Å². The highest BCUT2D eigenvalue weighted by atomic mass is 32.2. The SMILES string of the molecule is CN=C(NCC1(O)CCSC1)NC1CCC(C(C)C)CC1. The minimum atomic E-state index is -0.558. The van der Waals surface area contributed by atoms with Crippen molar-refractivity contribution in [3.63, 3.8) is 0 Å². The van der Waals surface area contributed by atoms with Gasteiger partial charge in [-0.25, -0.2) is 0 Å². The van der Waals surface area contributed by atoms with Crippen LogP contribution in [0.4, 0.5) is 0 Å². The minimum Gasteiger partial charge on any atom is -0.387 e. The largest absolute Gasteiger partial charge is 0.387 e. The monoisotopic (exact) mass is 313 g/mol. The fourth-order valence-corrected chi connectivity index (χ4v) is 4.60. The van der Waals surface area contributed by atoms with E-state index in [9.17, 15) is 5.11 Å². The Hall–Kier alpha value is -0.420. The first-order chi connectivity index (χ1) is 10.0. The van der Waals surface area contributed by atoms with Crippen LogP contribution in [0.5, 0.6) is 0 Å². The van der Waals surface area contributed by atoms with Crippen LogP contribution in [-0.4, -0.2) is 47.8 Å². The van der Waals surface area contributed by atoms with E-state index in [4.69, 9.17) is 0 Å². The van der Waals surface area contributed by atoms with Crippen LogP contribution in [0.2, 0.25) is 0 Å². The number of guanidine groups is 1. The number of thioether (sulfide) groups is 1. The third-order valence-corrected chi connectivity index (χ3v) is 6.18. The van der Waals surface area contributed by atoms with Gasteiger partial charge in [0.15, 0.2) is 5.96 Å². The van der Waals surface area contributed by atoms with Crippen LogP contribution in [0.3, 0.4) is 0 Å². The molecule has 0 aromatic carbocycles. The van der Waals surface area contributed by atoms with E-state index in [1.807, 2.05) is 18.8 Å². The van der Waals surface area contributed by atoms with Crippen molar-refractivity contribution in [2.24, 2.45) is 16.8 Å². The molecule has 1 saturated heterocycles. The van der Waals surface area contributed by atoms with Crippen molar-refractivity contribution < 1.29 is 5.11 Å². The predicted octanol–water partition coefficient (Wildman–Crippen LogP) is 2.23. The number of aliphatic hydroxyl groups is 1. The van der Waals surface area contributed by atoms with Gasteiger partial charge in [0.05, 0.1) is 5.60 Å². The second-order valence-corrected chi connectivity index (χ2v) is 8.06. The van der Waals surface area contributed by atoms with Crippen LogP contribution >= 0.6 is 11.8 Å². The Morgan fingerprint density at radius 2 is 2.05 bits per heavy atom. The summed E-state index contributed by atoms with van der Waals surface area (Å²) in [5.41, 5.74) is -0.558. The van der Waals surface area contributed by atoms with Gasteiger partial charge >= 0.3 is 0 Å². The molecule has 2 fully saturated rings. The first-order valence-corrected chi connectivity index (χ1v) is 9.45. The van der Waals surface area contributed by atoms with Gasteiger partial charge in [-0.05, 0) is 49.7 Å². The van der Waals surface area contributed by atoms with Crippen molar-refractivity contribution >= 4 is 17.7 Å². The lowest BCUT2D eigenvalue weighted by atomic mass is 9.80. The summed E-state index contributed by atoms with van der Waals surface area (Å²) < 4.78 is 0. The van der Waals surface area contributed by atoms with E-state index < -0.39 is 5.60 Å². The third-order valence-electron chi connectivity index (χ3n) is 4.95. The summed E-state index contributed by atoms with van der Waals surface area (Å²) in [7, 11) is 1.81. The van der Waals surface area contributed by atoms with Crippen LogP contribution in [0.15, 0.2) is 4.99 Å². The average molecular weight is 314 g/mol. The second kappa shape index (κ2) is 7.73. The van der Waals surface area contributed by atoms with Gasteiger partial charge in [-0.2, -0.15) is 11.8 Å². The summed E-state index contributed by atoms with van der Waals surface area (Å²) in [4.78, 5) is 4.30. The summed E-state index contributed by atoms with van der Waals surface area (Å²) in [5, 5.41) is 17.2. The van der Waals surface area contributed by atoms with Crippen molar-refractivity contribution in [3.8, 4) is 0 Å². The maximum Gasteiger partial charge on any atom is 0.191 e. The quantitative estimate of drug-likeness (QED) is 0.550. The highest BCUT2D eigenvalue weighted by molar-refractivity contribution is 7.99. The number of nitrogens with zero attached hydrogens (tertiary/aromatic N) is 1. The number of nitrogens with one attached hydrogen (secondary N) is 2. The van der Waals surface area contributed by atoms with E-state index in [0.717, 1.165) is 35.7 Å². The lowest BCUT2D eigenvalue weighted by Crippen LogP contribution is -2.50. The predicted molar refractivity (Wildman–Crippen MR) is 92.0 cm³/mol. The molecule has 5 heteroatoms. The summed E-state index contributed by atoms with van der Waals surface area (Å²) in [5.74, 6) is 4.42. The standard InChI is InChI=1S/C16H31N3OS/c1-12(2)13-4-6-14(7-5-13)19-15(17-3)18-10-16(20)8-9-21-11-16/h12-14,20H,4-11H2,1-3H3,(H2,17,18,19). The molecule has 1 saturated carbocycles. The fraction of sp³-hybridized carbons (Fsp3) is 0.938. The normalized spacial score (nSPS) is 34.2. The lowest BCUT2D eigenvalue weighted by molar-refractivity contribution is 0.0723. The zero-order valence-corrected chi connectivity index (χ0v) is 14.5. The summed E-state index contributed by atoms with van der Waals surface area (Å²) in [6.45, 7) is 5.26. The number of hydrogen-bond donors (Lipinski definition) is 3. The van der Waals surface area contributed by atoms with Crippen molar-refractivity contribution in [2.75, 3.05) is 25.1 Å². The zero-order valence-electron chi connectivity index (χ0n) is 13.7. The van der Waals surface area contributed by atoms with Gasteiger partial charge in [0.25, 0.3) is 0 Å². The molecule has 122 valence electrons. The molecule has 0 spiro atoms. The molecule has 4 nitrogen and oxygen atoms in total. The molecule has 1 aliphatic heterocycles. The molecule has 0 aromatic rings. The van der Waals surface area contributed by atoms with Gasteiger partial charge in [-0.3, -0.25) is 4.99 Å². The van der Waals surface area contributed by atoms with E-state index >= 15 is 0 Å². The molecule has 21 heavy (non-hydrogen) atoms. The van der Waals surface area contributed by atoms with Gasteiger partial charge in [-0.1, -0.05) is 13.8 Å². The first kappa shape index (κ1) is 16.9. The second-order valence-electron chi connectivity index (χ2n) is 6.95. The smallest absolute Gasteiger partial charge is 0.191 e. The molecule has 2 aliphatic rings. The summed E-state index contributed by atoms with van der Waals surface area (Å²) in [6, 6.07) is 0.527. The maximum atomic E-state index is 10.4. The zero-order chi connectivity index (χ0) is 15.3. The van der Waals surface area contributed by atoms with Crippen LogP contribution in [-0.2, 0) is 0 Å². The van der Waals surface area contributed by atoms with Gasteiger partial charge in [-0.15, -0.1) is 0 Å². The Kier molecular flexibility index (Phi) is 6.23. The highest BCUT2D eigenvalue weighted by Gasteiger charge is 2.32. The Bertz CT molecular complexity index is 345. The van der Waals surface area contributed by atoms with Gasteiger partial charge in [0.1, 0.15) is 0 Å². The van der Waals surface area contributed by atoms with E-state index in [1.165, 1.54) is 25.7 Å². The first-order valence-electron chi connectivity index (χ1n) is 8.30. The minimum absolute atomic E-state index is 0.527. The summed E-state index contributed by atoms with van der Waals surface area (Å²) in [6.07, 6.45) is 5.95. The van der Waals surface area contributed by atoms with Crippen molar-refractivity contribution in [1.29, 1.82) is 0 Å². The van der Waals surface area contributed by atoms with E-state index in [2.05, 4.69) is 29.5 Å². The number of aliphatic imine (C=N–C) groups is 1. The van der Waals surface area contributed by atoms with Crippen molar-refractivity contribution in [3.05, 3.63) is 0 Å². The fourth-order valence-electron chi connectivity index (χ4n) is 3.30. The van der Waals surface area contributed by atoms with Crippen LogP contribution in [0.1, 0.15) is 46.0 Å². The Morgan fingerprint density at radius 1 is 1.33 bits per heavy atom. The van der Waals surface area contributed by atoms with Gasteiger partial charge < -0.3 is 15.7 Å². The molecule has 2 rings (SSSR count). The lowest BCUT2D eigenvalue weighted by Gasteiger charge is -2.32. The molecule has 0 amide bonds. The molecular weight excluding hydrogens is 282 g/mol. The van der Waals surface area contributed by atoms with Gasteiger partial charge in [0, 0.05) is 25.4 Å². The van der Waals surface area contributed by atoms with Crippen LogP contribution in [0, 0.1) is 11.8 Å². The molecule has 0 bridgehead atoms. The topological polar surface area (TPSA) is 56.7 Å². The molecule has 1 atom stereocenters. The number of hydrogen-bond acceptors (Lipinski definition) is 3. The number of rotatable bonds is 4. The molecule has 0 radical (unpaired) electrons. The molecule has 1 unspecified atom stereocenters. The molecule has 3 N–H and O–H groups in total. The highest BCUT2D eigenvalue weighted by Crippen LogP contribution is 2.30. The Balaban J connectivity index is 1.73. The molecule has 1 heterocycles. The molecular formula is C16H31N3OS. The maximum absolute atomic E-state index is 10.4. The Labute approximate surface area is 133 Å². The Morgan fingerprint density at radius 3 is 2.57 bits per heavy atom. The van der Waals surface area contributed by atoms with Crippen LogP contribution in [0.25, 0.3) is 0 Å². The molecule has 0 aromatic heterocycles.